The lowest BCUT2D eigenvalue weighted by Crippen LogP contribution is -1.96. The first kappa shape index (κ1) is 14.4. The van der Waals surface area contributed by atoms with E-state index in [0.717, 1.165) is 34.8 Å². The molecule has 0 unspecified atom stereocenters. The summed E-state index contributed by atoms with van der Waals surface area (Å²) in [5.41, 5.74) is 4.61. The number of rotatable bonds is 4. The van der Waals surface area contributed by atoms with E-state index in [2.05, 4.69) is 32.4 Å². The molecule has 0 aliphatic carbocycles. The molecular formula is C17H17N7. The minimum absolute atomic E-state index is 0.552. The van der Waals surface area contributed by atoms with Gasteiger partial charge in [-0.3, -0.25) is 9.67 Å². The number of aryl methyl sites for hydroxylation is 2. The van der Waals surface area contributed by atoms with Crippen molar-refractivity contribution in [2.75, 3.05) is 5.32 Å². The van der Waals surface area contributed by atoms with Gasteiger partial charge in [-0.15, -0.1) is 5.10 Å². The van der Waals surface area contributed by atoms with Crippen LogP contribution in [0.15, 0.2) is 48.9 Å². The number of nitrogens with one attached hydrogen (secondary N) is 1. The van der Waals surface area contributed by atoms with Crippen LogP contribution in [0.4, 0.5) is 11.6 Å². The quantitative estimate of drug-likeness (QED) is 0.626. The number of fused-ring (bicyclic) bond motifs is 1. The first-order valence-electron chi connectivity index (χ1n) is 7.81. The SMILES string of the molecule is CCn1cc(-c2cccc3nc(Nc4ccnc(C)c4)nn23)cn1. The average Bonchev–Trinajstić information content (AvgIpc) is 3.20. The monoisotopic (exact) mass is 319 g/mol. The average molecular weight is 319 g/mol. The summed E-state index contributed by atoms with van der Waals surface area (Å²) >= 11 is 0. The van der Waals surface area contributed by atoms with Crippen LogP contribution in [0.3, 0.4) is 0 Å². The van der Waals surface area contributed by atoms with E-state index in [1.54, 1.807) is 6.20 Å². The van der Waals surface area contributed by atoms with Crippen LogP contribution in [-0.2, 0) is 6.54 Å². The third kappa shape index (κ3) is 2.60. The Morgan fingerprint density at radius 3 is 2.92 bits per heavy atom. The van der Waals surface area contributed by atoms with Crippen LogP contribution in [0.1, 0.15) is 12.6 Å². The smallest absolute Gasteiger partial charge is 0.247 e. The standard InChI is InChI=1S/C17H17N7/c1-3-23-11-13(10-19-23)15-5-4-6-16-21-17(22-24(15)16)20-14-7-8-18-12(2)9-14/h4-11H,3H2,1-2H3,(H,18,20,22). The van der Waals surface area contributed by atoms with Gasteiger partial charge in [-0.1, -0.05) is 6.07 Å². The number of anilines is 2. The van der Waals surface area contributed by atoms with Crippen molar-refractivity contribution in [3.63, 3.8) is 0 Å². The molecule has 0 spiro atoms. The zero-order valence-corrected chi connectivity index (χ0v) is 13.5. The molecule has 4 aromatic heterocycles. The molecule has 1 N–H and O–H groups in total. The predicted molar refractivity (Wildman–Crippen MR) is 92.1 cm³/mol. The molecular weight excluding hydrogens is 302 g/mol. The Hall–Kier alpha value is -3.22. The molecule has 0 aliphatic heterocycles. The van der Waals surface area contributed by atoms with Gasteiger partial charge in [-0.2, -0.15) is 10.1 Å². The van der Waals surface area contributed by atoms with Gasteiger partial charge in [0.2, 0.25) is 5.95 Å². The molecule has 0 saturated heterocycles. The van der Waals surface area contributed by atoms with Crippen molar-refractivity contribution in [1.82, 2.24) is 29.4 Å². The minimum atomic E-state index is 0.552. The van der Waals surface area contributed by atoms with Gasteiger partial charge in [0.15, 0.2) is 5.65 Å². The molecule has 0 amide bonds. The molecule has 7 heteroatoms. The van der Waals surface area contributed by atoms with Crippen molar-refractivity contribution in [1.29, 1.82) is 0 Å². The fourth-order valence-electron chi connectivity index (χ4n) is 2.60. The predicted octanol–water partition coefficient (Wildman–Crippen LogP) is 3.06. The van der Waals surface area contributed by atoms with Gasteiger partial charge >= 0.3 is 0 Å². The number of aromatic nitrogens is 6. The van der Waals surface area contributed by atoms with Gasteiger partial charge < -0.3 is 5.32 Å². The van der Waals surface area contributed by atoms with Gasteiger partial charge in [0, 0.05) is 35.9 Å². The van der Waals surface area contributed by atoms with E-state index in [-0.39, 0.29) is 0 Å². The minimum Gasteiger partial charge on any atom is -0.323 e. The maximum absolute atomic E-state index is 4.59. The Labute approximate surface area is 139 Å². The van der Waals surface area contributed by atoms with Crippen LogP contribution in [-0.4, -0.2) is 29.4 Å². The molecule has 0 atom stereocenters. The summed E-state index contributed by atoms with van der Waals surface area (Å²) in [7, 11) is 0. The van der Waals surface area contributed by atoms with E-state index in [1.807, 2.05) is 58.8 Å². The third-order valence-corrected chi connectivity index (χ3v) is 3.77. The Balaban J connectivity index is 1.74. The highest BCUT2D eigenvalue weighted by Crippen LogP contribution is 2.21. The van der Waals surface area contributed by atoms with Crippen LogP contribution in [0.5, 0.6) is 0 Å². The molecule has 120 valence electrons. The number of hydrogen-bond acceptors (Lipinski definition) is 5. The summed E-state index contributed by atoms with van der Waals surface area (Å²) in [6, 6.07) is 9.77. The number of pyridine rings is 2. The van der Waals surface area contributed by atoms with E-state index in [0.29, 0.717) is 5.95 Å². The zero-order valence-electron chi connectivity index (χ0n) is 13.5. The lowest BCUT2D eigenvalue weighted by molar-refractivity contribution is 0.660. The molecule has 0 fully saturated rings. The highest BCUT2D eigenvalue weighted by Gasteiger charge is 2.10. The summed E-state index contributed by atoms with van der Waals surface area (Å²) in [5, 5.41) is 12.1. The summed E-state index contributed by atoms with van der Waals surface area (Å²) < 4.78 is 3.72. The Morgan fingerprint density at radius 2 is 2.12 bits per heavy atom. The molecule has 24 heavy (non-hydrogen) atoms. The van der Waals surface area contributed by atoms with Crippen molar-refractivity contribution in [2.24, 2.45) is 0 Å². The van der Waals surface area contributed by atoms with Crippen LogP contribution in [0.2, 0.25) is 0 Å². The highest BCUT2D eigenvalue weighted by molar-refractivity contribution is 5.63. The fraction of sp³-hybridized carbons (Fsp3) is 0.176. The fourth-order valence-corrected chi connectivity index (χ4v) is 2.60. The van der Waals surface area contributed by atoms with Crippen LogP contribution >= 0.6 is 0 Å². The van der Waals surface area contributed by atoms with Crippen LogP contribution < -0.4 is 5.32 Å². The second-order valence-corrected chi connectivity index (χ2v) is 5.51. The summed E-state index contributed by atoms with van der Waals surface area (Å²) in [5.74, 6) is 0.552. The molecule has 4 heterocycles. The molecule has 0 aromatic carbocycles. The summed E-state index contributed by atoms with van der Waals surface area (Å²) in [6.07, 6.45) is 5.62. The van der Waals surface area contributed by atoms with Gasteiger partial charge in [-0.25, -0.2) is 4.52 Å². The van der Waals surface area contributed by atoms with E-state index in [1.165, 1.54) is 0 Å². The molecule has 4 aromatic rings. The number of nitrogens with zero attached hydrogens (tertiary/aromatic N) is 6. The van der Waals surface area contributed by atoms with Crippen LogP contribution in [0.25, 0.3) is 16.9 Å². The Morgan fingerprint density at radius 1 is 1.21 bits per heavy atom. The maximum Gasteiger partial charge on any atom is 0.247 e. The van der Waals surface area contributed by atoms with Gasteiger partial charge in [0.1, 0.15) is 0 Å². The zero-order chi connectivity index (χ0) is 16.5. The van der Waals surface area contributed by atoms with Crippen molar-refractivity contribution < 1.29 is 0 Å². The Bertz CT molecular complexity index is 999. The third-order valence-electron chi connectivity index (χ3n) is 3.77. The molecule has 4 rings (SSSR count). The first-order chi connectivity index (χ1) is 11.7. The normalized spacial score (nSPS) is 11.1. The van der Waals surface area contributed by atoms with Gasteiger partial charge in [0.05, 0.1) is 11.9 Å². The molecule has 0 saturated carbocycles. The largest absolute Gasteiger partial charge is 0.323 e. The van der Waals surface area contributed by atoms with E-state index in [9.17, 15) is 0 Å². The molecule has 0 aliphatic rings. The topological polar surface area (TPSA) is 72.9 Å². The van der Waals surface area contributed by atoms with E-state index in [4.69, 9.17) is 0 Å². The Kier molecular flexibility index (Phi) is 3.45. The number of hydrogen-bond donors (Lipinski definition) is 1. The van der Waals surface area contributed by atoms with E-state index < -0.39 is 0 Å². The van der Waals surface area contributed by atoms with Crippen molar-refractivity contribution in [3.8, 4) is 11.3 Å². The lowest BCUT2D eigenvalue weighted by atomic mass is 10.2. The first-order valence-corrected chi connectivity index (χ1v) is 7.81. The second kappa shape index (κ2) is 5.77. The van der Waals surface area contributed by atoms with Crippen LogP contribution in [0, 0.1) is 6.92 Å². The van der Waals surface area contributed by atoms with Crippen molar-refractivity contribution >= 4 is 17.3 Å². The van der Waals surface area contributed by atoms with Crippen molar-refractivity contribution in [3.05, 3.63) is 54.6 Å². The maximum atomic E-state index is 4.59. The van der Waals surface area contributed by atoms with Crippen molar-refractivity contribution in [2.45, 2.75) is 20.4 Å². The summed E-state index contributed by atoms with van der Waals surface area (Å²) in [4.78, 5) is 8.74. The molecule has 7 nitrogen and oxygen atoms in total. The second-order valence-electron chi connectivity index (χ2n) is 5.51. The molecule has 0 bridgehead atoms. The van der Waals surface area contributed by atoms with Gasteiger partial charge in [0.25, 0.3) is 0 Å². The lowest BCUT2D eigenvalue weighted by Gasteiger charge is -2.02. The molecule has 0 radical (unpaired) electrons. The summed E-state index contributed by atoms with van der Waals surface area (Å²) in [6.45, 7) is 4.85. The highest BCUT2D eigenvalue weighted by atomic mass is 15.4. The van der Waals surface area contributed by atoms with Gasteiger partial charge in [-0.05, 0) is 38.1 Å². The van der Waals surface area contributed by atoms with E-state index >= 15 is 0 Å².